The van der Waals surface area contributed by atoms with Crippen LogP contribution in [0.4, 0.5) is 0 Å². The molecule has 1 amide bonds. The van der Waals surface area contributed by atoms with E-state index in [1.54, 1.807) is 12.3 Å². The maximum Gasteiger partial charge on any atom is 0.255 e. The van der Waals surface area contributed by atoms with Crippen LogP contribution in [0, 0.1) is 5.41 Å². The van der Waals surface area contributed by atoms with Gasteiger partial charge in [-0.2, -0.15) is 0 Å². The van der Waals surface area contributed by atoms with Crippen molar-refractivity contribution in [2.24, 2.45) is 5.41 Å². The molecule has 17 heavy (non-hydrogen) atoms. The minimum atomic E-state index is 0.0187. The quantitative estimate of drug-likeness (QED) is 0.770. The number of carbonyl (C=O) groups is 1. The monoisotopic (exact) mass is 252 g/mol. The highest BCUT2D eigenvalue weighted by atomic mass is 35.5. The fraction of sp³-hybridized carbons (Fsp3) is 0.538. The van der Waals surface area contributed by atoms with E-state index in [0.717, 1.165) is 19.5 Å². The van der Waals surface area contributed by atoms with Gasteiger partial charge in [-0.15, -0.1) is 0 Å². The van der Waals surface area contributed by atoms with E-state index in [9.17, 15) is 4.79 Å². The Balaban J connectivity index is 2.18. The average Bonchev–Trinajstić information content (AvgIpc) is 2.27. The van der Waals surface area contributed by atoms with Gasteiger partial charge in [-0.3, -0.25) is 9.78 Å². The van der Waals surface area contributed by atoms with E-state index < -0.39 is 0 Å². The van der Waals surface area contributed by atoms with E-state index in [1.165, 1.54) is 12.6 Å². The Labute approximate surface area is 107 Å². The van der Waals surface area contributed by atoms with Crippen molar-refractivity contribution in [2.45, 2.75) is 26.7 Å². The van der Waals surface area contributed by atoms with E-state index in [-0.39, 0.29) is 11.3 Å². The molecule has 0 spiro atoms. The van der Waals surface area contributed by atoms with Crippen LogP contribution >= 0.6 is 11.6 Å². The van der Waals surface area contributed by atoms with Crippen LogP contribution in [0.25, 0.3) is 0 Å². The lowest BCUT2D eigenvalue weighted by Gasteiger charge is -2.38. The predicted octanol–water partition coefficient (Wildman–Crippen LogP) is 3.00. The summed E-state index contributed by atoms with van der Waals surface area (Å²) in [6.07, 6.45) is 5.35. The Hall–Kier alpha value is -1.09. The second-order valence-corrected chi connectivity index (χ2v) is 5.76. The van der Waals surface area contributed by atoms with E-state index >= 15 is 0 Å². The summed E-state index contributed by atoms with van der Waals surface area (Å²) in [5.74, 6) is 0.0187. The molecular formula is C13H17ClN2O. The maximum absolute atomic E-state index is 12.3. The molecule has 92 valence electrons. The van der Waals surface area contributed by atoms with E-state index in [4.69, 9.17) is 11.6 Å². The van der Waals surface area contributed by atoms with Gasteiger partial charge in [0.15, 0.2) is 0 Å². The summed E-state index contributed by atoms with van der Waals surface area (Å²) < 4.78 is 0. The highest BCUT2D eigenvalue weighted by Crippen LogP contribution is 2.29. The molecule has 4 heteroatoms. The van der Waals surface area contributed by atoms with Gasteiger partial charge in [0.25, 0.3) is 5.91 Å². The Kier molecular flexibility index (Phi) is 3.38. The van der Waals surface area contributed by atoms with E-state index in [1.807, 2.05) is 4.90 Å². The SMILES string of the molecule is CC1(C)CCCN(C(=O)c2ccncc2Cl)C1. The minimum Gasteiger partial charge on any atom is -0.338 e. The highest BCUT2D eigenvalue weighted by Gasteiger charge is 2.30. The van der Waals surface area contributed by atoms with Gasteiger partial charge in [0.2, 0.25) is 0 Å². The molecule has 0 N–H and O–H groups in total. The fourth-order valence-corrected chi connectivity index (χ4v) is 2.52. The molecule has 1 saturated heterocycles. The standard InChI is InChI=1S/C13H17ClN2O/c1-13(2)5-3-7-16(9-13)12(17)10-4-6-15-8-11(10)14/h4,6,8H,3,5,7,9H2,1-2H3. The smallest absolute Gasteiger partial charge is 0.255 e. The molecule has 1 aromatic rings. The first-order valence-corrected chi connectivity index (χ1v) is 6.26. The zero-order valence-corrected chi connectivity index (χ0v) is 11.0. The molecule has 0 atom stereocenters. The highest BCUT2D eigenvalue weighted by molar-refractivity contribution is 6.33. The second-order valence-electron chi connectivity index (χ2n) is 5.35. The van der Waals surface area contributed by atoms with Crippen LogP contribution in [0.3, 0.4) is 0 Å². The second kappa shape index (κ2) is 4.65. The van der Waals surface area contributed by atoms with Crippen molar-refractivity contribution in [3.05, 3.63) is 29.0 Å². The Morgan fingerprint density at radius 2 is 2.29 bits per heavy atom. The number of hydrogen-bond donors (Lipinski definition) is 0. The zero-order valence-electron chi connectivity index (χ0n) is 10.2. The number of aromatic nitrogens is 1. The van der Waals surface area contributed by atoms with Crippen molar-refractivity contribution < 1.29 is 4.79 Å². The summed E-state index contributed by atoms with van der Waals surface area (Å²) in [6, 6.07) is 1.69. The van der Waals surface area contributed by atoms with Gasteiger partial charge in [-0.1, -0.05) is 25.4 Å². The summed E-state index contributed by atoms with van der Waals surface area (Å²) in [7, 11) is 0. The largest absolute Gasteiger partial charge is 0.338 e. The number of carbonyl (C=O) groups excluding carboxylic acids is 1. The van der Waals surface area contributed by atoms with Crippen LogP contribution in [-0.2, 0) is 0 Å². The molecule has 0 radical (unpaired) electrons. The first-order chi connectivity index (χ1) is 7.99. The topological polar surface area (TPSA) is 33.2 Å². The number of nitrogens with zero attached hydrogens (tertiary/aromatic N) is 2. The third kappa shape index (κ3) is 2.78. The number of hydrogen-bond acceptors (Lipinski definition) is 2. The molecule has 1 fully saturated rings. The number of pyridine rings is 1. The van der Waals surface area contributed by atoms with Gasteiger partial charge in [0.05, 0.1) is 10.6 Å². The minimum absolute atomic E-state index is 0.0187. The molecule has 2 rings (SSSR count). The number of piperidine rings is 1. The lowest BCUT2D eigenvalue weighted by molar-refractivity contribution is 0.0583. The zero-order chi connectivity index (χ0) is 12.5. The maximum atomic E-state index is 12.3. The van der Waals surface area contributed by atoms with Crippen LogP contribution in [-0.4, -0.2) is 28.9 Å². The number of rotatable bonds is 1. The van der Waals surface area contributed by atoms with Crippen molar-refractivity contribution in [1.29, 1.82) is 0 Å². The first-order valence-electron chi connectivity index (χ1n) is 5.88. The third-order valence-corrected chi connectivity index (χ3v) is 3.49. The van der Waals surface area contributed by atoms with Crippen molar-refractivity contribution in [2.75, 3.05) is 13.1 Å². The molecule has 1 aliphatic heterocycles. The molecular weight excluding hydrogens is 236 g/mol. The summed E-state index contributed by atoms with van der Waals surface area (Å²) in [6.45, 7) is 6.01. The number of likely N-dealkylation sites (tertiary alicyclic amines) is 1. The molecule has 2 heterocycles. The van der Waals surface area contributed by atoms with Gasteiger partial charge in [-0.05, 0) is 24.3 Å². The van der Waals surface area contributed by atoms with Crippen molar-refractivity contribution in [3.63, 3.8) is 0 Å². The van der Waals surface area contributed by atoms with E-state index in [2.05, 4.69) is 18.8 Å². The lowest BCUT2D eigenvalue weighted by Crippen LogP contribution is -2.43. The van der Waals surface area contributed by atoms with Gasteiger partial charge in [0, 0.05) is 25.5 Å². The van der Waals surface area contributed by atoms with Crippen LogP contribution in [0.15, 0.2) is 18.5 Å². The normalized spacial score (nSPS) is 19.1. The summed E-state index contributed by atoms with van der Waals surface area (Å²) >= 11 is 6.00. The molecule has 0 aromatic carbocycles. The fourth-order valence-electron chi connectivity index (χ4n) is 2.32. The molecule has 3 nitrogen and oxygen atoms in total. The summed E-state index contributed by atoms with van der Waals surface area (Å²) in [4.78, 5) is 18.1. The molecule has 0 aliphatic carbocycles. The van der Waals surface area contributed by atoms with Crippen LogP contribution < -0.4 is 0 Å². The Bertz CT molecular complexity index is 431. The van der Waals surface area contributed by atoms with Crippen LogP contribution in [0.1, 0.15) is 37.0 Å². The third-order valence-electron chi connectivity index (χ3n) is 3.19. The number of halogens is 1. The van der Waals surface area contributed by atoms with Gasteiger partial charge in [-0.25, -0.2) is 0 Å². The molecule has 1 aliphatic rings. The molecule has 0 bridgehead atoms. The first kappa shape index (κ1) is 12.4. The summed E-state index contributed by atoms with van der Waals surface area (Å²) in [5.41, 5.74) is 0.757. The molecule has 0 saturated carbocycles. The summed E-state index contributed by atoms with van der Waals surface area (Å²) in [5, 5.41) is 0.431. The van der Waals surface area contributed by atoms with Crippen LogP contribution in [0.5, 0.6) is 0 Å². The lowest BCUT2D eigenvalue weighted by atomic mass is 9.84. The Morgan fingerprint density at radius 3 is 2.94 bits per heavy atom. The van der Waals surface area contributed by atoms with Crippen molar-refractivity contribution >= 4 is 17.5 Å². The van der Waals surface area contributed by atoms with Crippen molar-refractivity contribution in [3.8, 4) is 0 Å². The number of amides is 1. The van der Waals surface area contributed by atoms with Gasteiger partial charge >= 0.3 is 0 Å². The predicted molar refractivity (Wildman–Crippen MR) is 68.2 cm³/mol. The Morgan fingerprint density at radius 1 is 1.53 bits per heavy atom. The molecule has 1 aromatic heterocycles. The van der Waals surface area contributed by atoms with Gasteiger partial charge in [0.1, 0.15) is 0 Å². The van der Waals surface area contributed by atoms with Crippen LogP contribution in [0.2, 0.25) is 5.02 Å². The average molecular weight is 253 g/mol. The molecule has 0 unspecified atom stereocenters. The van der Waals surface area contributed by atoms with Gasteiger partial charge < -0.3 is 4.90 Å². The van der Waals surface area contributed by atoms with Crippen molar-refractivity contribution in [1.82, 2.24) is 9.88 Å². The van der Waals surface area contributed by atoms with E-state index in [0.29, 0.717) is 10.6 Å².